The first kappa shape index (κ1) is 13.9. The van der Waals surface area contributed by atoms with Gasteiger partial charge in [0.05, 0.1) is 0 Å². The van der Waals surface area contributed by atoms with Gasteiger partial charge in [0.2, 0.25) is 0 Å². The summed E-state index contributed by atoms with van der Waals surface area (Å²) < 4.78 is 1.69. The molecular formula is C7H9Br2Hf. The molecule has 0 spiro atoms. The summed E-state index contributed by atoms with van der Waals surface area (Å²) in [5.74, 6) is 0. The molecule has 1 aliphatic carbocycles. The van der Waals surface area contributed by atoms with Crippen LogP contribution in [0, 0.1) is 0 Å². The van der Waals surface area contributed by atoms with Crippen LogP contribution in [0.2, 0.25) is 0 Å². The van der Waals surface area contributed by atoms with Gasteiger partial charge in [-0.2, -0.15) is 0 Å². The van der Waals surface area contributed by atoms with E-state index < -0.39 is 0 Å². The van der Waals surface area contributed by atoms with Crippen molar-refractivity contribution in [2.24, 2.45) is 0 Å². The number of allylic oxidation sites excluding steroid dienone is 4. The molecule has 0 heterocycles. The Morgan fingerprint density at radius 2 is 2.10 bits per heavy atom. The molecule has 3 heteroatoms. The van der Waals surface area contributed by atoms with E-state index in [4.69, 9.17) is 0 Å². The first-order valence-corrected chi connectivity index (χ1v) is 4.74. The molecule has 0 nitrogen and oxygen atoms in total. The zero-order valence-corrected chi connectivity index (χ0v) is 12.6. The van der Waals surface area contributed by atoms with Crippen LogP contribution in [0.1, 0.15) is 19.8 Å². The second kappa shape index (κ2) is 6.99. The summed E-state index contributed by atoms with van der Waals surface area (Å²) in [6, 6.07) is 0. The molecule has 1 aliphatic rings. The molecule has 0 aliphatic heterocycles. The maximum atomic E-state index is 2.27. The minimum atomic E-state index is 0. The number of halogens is 2. The first-order valence-electron chi connectivity index (χ1n) is 2.94. The van der Waals surface area contributed by atoms with E-state index in [9.17, 15) is 0 Å². The van der Waals surface area contributed by atoms with Gasteiger partial charge in [0.25, 0.3) is 0 Å². The molecule has 0 aromatic rings. The minimum Gasteiger partial charge on any atom is -1.00 e. The van der Waals surface area contributed by atoms with Crippen LogP contribution in [0.5, 0.6) is 0 Å². The maximum Gasteiger partial charge on any atom is -1.00 e. The maximum absolute atomic E-state index is 2.27. The molecule has 0 bridgehead atoms. The Morgan fingerprint density at radius 3 is 2.30 bits per heavy atom. The SMILES string of the molecule is CCC1=[C]([Hf+2])CC=C1.[Br-].[Br-]. The van der Waals surface area contributed by atoms with Crippen LogP contribution < -0.4 is 34.0 Å². The molecule has 0 unspecified atom stereocenters. The van der Waals surface area contributed by atoms with E-state index in [1.165, 1.54) is 37.2 Å². The van der Waals surface area contributed by atoms with Crippen molar-refractivity contribution in [2.75, 3.05) is 0 Å². The Bertz CT molecular complexity index is 150. The Kier molecular flexibility index (Phi) is 9.69. The van der Waals surface area contributed by atoms with Crippen molar-refractivity contribution in [1.29, 1.82) is 0 Å². The zero-order valence-electron chi connectivity index (χ0n) is 5.82. The van der Waals surface area contributed by atoms with Crippen molar-refractivity contribution in [3.05, 3.63) is 21.1 Å². The summed E-state index contributed by atoms with van der Waals surface area (Å²) >= 11 is 1.26. The summed E-state index contributed by atoms with van der Waals surface area (Å²) in [4.78, 5) is 0. The molecule has 0 saturated heterocycles. The van der Waals surface area contributed by atoms with E-state index in [1.54, 1.807) is 8.90 Å². The van der Waals surface area contributed by atoms with Crippen molar-refractivity contribution < 1.29 is 58.3 Å². The molecule has 0 atom stereocenters. The van der Waals surface area contributed by atoms with Crippen molar-refractivity contribution in [3.63, 3.8) is 0 Å². The number of hydrogen-bond acceptors (Lipinski definition) is 0. The van der Waals surface area contributed by atoms with Gasteiger partial charge in [-0.15, -0.1) is 0 Å². The summed E-state index contributed by atoms with van der Waals surface area (Å²) in [5, 5.41) is 0. The fourth-order valence-electron chi connectivity index (χ4n) is 0.882. The normalized spacial score (nSPS) is 14.7. The molecule has 0 aromatic heterocycles. The third-order valence-electron chi connectivity index (χ3n) is 1.41. The van der Waals surface area contributed by atoms with Crippen LogP contribution in [-0.2, 0) is 24.4 Å². The molecule has 1 rings (SSSR count). The van der Waals surface area contributed by atoms with Crippen molar-refractivity contribution in [3.8, 4) is 0 Å². The van der Waals surface area contributed by atoms with Crippen LogP contribution in [0.3, 0.4) is 0 Å². The third-order valence-corrected chi connectivity index (χ3v) is 3.30. The van der Waals surface area contributed by atoms with Gasteiger partial charge in [0, 0.05) is 0 Å². The second-order valence-electron chi connectivity index (χ2n) is 1.96. The van der Waals surface area contributed by atoms with E-state index in [-0.39, 0.29) is 34.0 Å². The Hall–Kier alpha value is 1.31. The minimum absolute atomic E-state index is 0. The van der Waals surface area contributed by atoms with Gasteiger partial charge in [0.1, 0.15) is 0 Å². The standard InChI is InChI=1S/C7H9.2BrH.Hf/c1-2-7-5-3-4-6-7;;;/h3,5H,2,4H2,1H3;2*1H;/q;;;+2/p-2. The van der Waals surface area contributed by atoms with Crippen molar-refractivity contribution in [1.82, 2.24) is 0 Å². The van der Waals surface area contributed by atoms with Gasteiger partial charge < -0.3 is 34.0 Å². The molecule has 0 radical (unpaired) electrons. The quantitative estimate of drug-likeness (QED) is 0.374. The Balaban J connectivity index is 0. The average molecular weight is 431 g/mol. The van der Waals surface area contributed by atoms with Gasteiger partial charge in [-0.1, -0.05) is 0 Å². The smallest absolute Gasteiger partial charge is 1.00 e. The summed E-state index contributed by atoms with van der Waals surface area (Å²) in [5.41, 5.74) is 1.59. The molecular weight excluding hydrogens is 422 g/mol. The Morgan fingerprint density at radius 1 is 1.50 bits per heavy atom. The van der Waals surface area contributed by atoms with Gasteiger partial charge in [0.15, 0.2) is 0 Å². The molecule has 0 fully saturated rings. The fourth-order valence-corrected chi connectivity index (χ4v) is 2.24. The second-order valence-corrected chi connectivity index (χ2v) is 4.13. The van der Waals surface area contributed by atoms with Gasteiger partial charge in [-0.3, -0.25) is 0 Å². The molecule has 0 amide bonds. The summed E-state index contributed by atoms with van der Waals surface area (Å²) in [6.45, 7) is 2.23. The first-order chi connectivity index (χ1) is 3.84. The Labute approximate surface area is 98.3 Å². The topological polar surface area (TPSA) is 0 Å². The number of hydrogen-bond donors (Lipinski definition) is 0. The monoisotopic (exact) mass is 431 g/mol. The largest absolute Gasteiger partial charge is 1.00 e. The molecule has 10 heavy (non-hydrogen) atoms. The van der Waals surface area contributed by atoms with Crippen LogP contribution in [0.25, 0.3) is 0 Å². The molecule has 0 aromatic carbocycles. The van der Waals surface area contributed by atoms with Crippen molar-refractivity contribution >= 4 is 0 Å². The van der Waals surface area contributed by atoms with E-state index in [1.807, 2.05) is 0 Å². The molecule has 55 valence electrons. The summed E-state index contributed by atoms with van der Waals surface area (Å²) in [7, 11) is 0. The molecule has 0 N–H and O–H groups in total. The van der Waals surface area contributed by atoms with Crippen LogP contribution in [0.4, 0.5) is 0 Å². The fraction of sp³-hybridized carbons (Fsp3) is 0.429. The number of rotatable bonds is 1. The van der Waals surface area contributed by atoms with E-state index in [0.717, 1.165) is 0 Å². The zero-order chi connectivity index (χ0) is 5.98. The van der Waals surface area contributed by atoms with Crippen LogP contribution in [-0.4, -0.2) is 0 Å². The predicted molar refractivity (Wildman–Crippen MR) is 31.1 cm³/mol. The average Bonchev–Trinajstić information content (AvgIpc) is 2.14. The summed E-state index contributed by atoms with van der Waals surface area (Å²) in [6.07, 6.45) is 7.01. The van der Waals surface area contributed by atoms with E-state index in [0.29, 0.717) is 0 Å². The molecule has 0 saturated carbocycles. The van der Waals surface area contributed by atoms with Gasteiger partial charge in [-0.25, -0.2) is 0 Å². The van der Waals surface area contributed by atoms with Crippen molar-refractivity contribution in [2.45, 2.75) is 19.8 Å². The van der Waals surface area contributed by atoms with Gasteiger partial charge >= 0.3 is 65.2 Å². The third kappa shape index (κ3) is 3.63. The van der Waals surface area contributed by atoms with Gasteiger partial charge in [-0.05, 0) is 0 Å². The van der Waals surface area contributed by atoms with Crippen LogP contribution in [0.15, 0.2) is 21.1 Å². The van der Waals surface area contributed by atoms with E-state index >= 15 is 0 Å². The predicted octanol–water partition coefficient (Wildman–Crippen LogP) is -3.83. The van der Waals surface area contributed by atoms with E-state index in [2.05, 4.69) is 19.1 Å². The van der Waals surface area contributed by atoms with Crippen LogP contribution >= 0.6 is 0 Å².